The Balaban J connectivity index is 1.75. The van der Waals surface area contributed by atoms with Gasteiger partial charge < -0.3 is 15.4 Å². The number of hydrogen-bond acceptors (Lipinski definition) is 3. The van der Waals surface area contributed by atoms with Crippen molar-refractivity contribution in [1.82, 2.24) is 0 Å². The first-order valence-electron chi connectivity index (χ1n) is 9.05. The van der Waals surface area contributed by atoms with Crippen LogP contribution < -0.4 is 15.4 Å². The standard InChI is InChI=1S/C23H22N2O3/c1-3-16-8-10-17(11-9-16)22(26)25-21-7-5-4-6-20(21)23(27)24-18-12-14-19(28-2)15-13-18/h4-15H,3H2,1-2H3,(H,24,27)(H,25,26). The van der Waals surface area contributed by atoms with Gasteiger partial charge in [-0.25, -0.2) is 0 Å². The zero-order valence-corrected chi connectivity index (χ0v) is 15.9. The lowest BCUT2D eigenvalue weighted by Gasteiger charge is -2.12. The Labute approximate surface area is 164 Å². The SMILES string of the molecule is CCc1ccc(C(=O)Nc2ccccc2C(=O)Nc2ccc(OC)cc2)cc1. The fourth-order valence-electron chi connectivity index (χ4n) is 2.75. The molecule has 2 N–H and O–H groups in total. The Morgan fingerprint density at radius 3 is 2.14 bits per heavy atom. The average molecular weight is 374 g/mol. The highest BCUT2D eigenvalue weighted by Gasteiger charge is 2.14. The molecule has 0 aromatic heterocycles. The molecule has 0 aliphatic rings. The van der Waals surface area contributed by atoms with Crippen LogP contribution in [0.25, 0.3) is 0 Å². The number of anilines is 2. The van der Waals surface area contributed by atoms with Crippen LogP contribution >= 0.6 is 0 Å². The third-order valence-electron chi connectivity index (χ3n) is 4.39. The van der Waals surface area contributed by atoms with E-state index in [0.717, 1.165) is 12.0 Å². The first-order chi connectivity index (χ1) is 13.6. The van der Waals surface area contributed by atoms with Crippen LogP contribution in [0.4, 0.5) is 11.4 Å². The molecule has 3 rings (SSSR count). The van der Waals surface area contributed by atoms with Crippen LogP contribution in [0.5, 0.6) is 5.75 Å². The molecule has 5 heteroatoms. The quantitative estimate of drug-likeness (QED) is 0.653. The molecule has 0 radical (unpaired) electrons. The second-order valence-corrected chi connectivity index (χ2v) is 6.23. The van der Waals surface area contributed by atoms with E-state index in [1.54, 1.807) is 67.8 Å². The van der Waals surface area contributed by atoms with Gasteiger partial charge in [0.25, 0.3) is 11.8 Å². The zero-order valence-electron chi connectivity index (χ0n) is 15.9. The van der Waals surface area contributed by atoms with Gasteiger partial charge in [0, 0.05) is 11.3 Å². The summed E-state index contributed by atoms with van der Waals surface area (Å²) < 4.78 is 5.12. The van der Waals surface area contributed by atoms with Crippen molar-refractivity contribution in [3.63, 3.8) is 0 Å². The molecular weight excluding hydrogens is 352 g/mol. The van der Waals surface area contributed by atoms with Crippen molar-refractivity contribution in [1.29, 1.82) is 0 Å². The monoisotopic (exact) mass is 374 g/mol. The van der Waals surface area contributed by atoms with E-state index in [1.807, 2.05) is 12.1 Å². The van der Waals surface area contributed by atoms with E-state index in [1.165, 1.54) is 0 Å². The first kappa shape index (κ1) is 19.2. The second-order valence-electron chi connectivity index (χ2n) is 6.23. The number of aryl methyl sites for hydroxylation is 1. The maximum Gasteiger partial charge on any atom is 0.257 e. The van der Waals surface area contributed by atoms with Crippen LogP contribution in [0.2, 0.25) is 0 Å². The van der Waals surface area contributed by atoms with E-state index in [2.05, 4.69) is 17.6 Å². The molecular formula is C23H22N2O3. The summed E-state index contributed by atoms with van der Waals surface area (Å²) in [6.45, 7) is 2.06. The van der Waals surface area contributed by atoms with Gasteiger partial charge in [-0.15, -0.1) is 0 Å². The molecule has 142 valence electrons. The molecule has 0 heterocycles. The van der Waals surface area contributed by atoms with Crippen LogP contribution in [-0.4, -0.2) is 18.9 Å². The molecule has 0 fully saturated rings. The van der Waals surface area contributed by atoms with E-state index in [9.17, 15) is 9.59 Å². The van der Waals surface area contributed by atoms with Crippen LogP contribution in [0.15, 0.2) is 72.8 Å². The van der Waals surface area contributed by atoms with Gasteiger partial charge in [-0.3, -0.25) is 9.59 Å². The van der Waals surface area contributed by atoms with E-state index in [-0.39, 0.29) is 11.8 Å². The molecule has 0 bridgehead atoms. The molecule has 0 spiro atoms. The van der Waals surface area contributed by atoms with Gasteiger partial charge in [-0.2, -0.15) is 0 Å². The summed E-state index contributed by atoms with van der Waals surface area (Å²) >= 11 is 0. The summed E-state index contributed by atoms with van der Waals surface area (Å²) in [6.07, 6.45) is 0.913. The largest absolute Gasteiger partial charge is 0.497 e. The molecule has 0 unspecified atom stereocenters. The highest BCUT2D eigenvalue weighted by molar-refractivity contribution is 6.12. The van der Waals surface area contributed by atoms with Crippen molar-refractivity contribution in [3.05, 3.63) is 89.5 Å². The van der Waals surface area contributed by atoms with E-state index >= 15 is 0 Å². The number of methoxy groups -OCH3 is 1. The minimum Gasteiger partial charge on any atom is -0.497 e. The maximum atomic E-state index is 12.7. The van der Waals surface area contributed by atoms with Gasteiger partial charge in [-0.05, 0) is 60.5 Å². The molecule has 0 aliphatic heterocycles. The molecule has 2 amide bonds. The Kier molecular flexibility index (Phi) is 6.07. The first-order valence-corrected chi connectivity index (χ1v) is 9.05. The molecule has 0 atom stereocenters. The molecule has 3 aromatic rings. The van der Waals surface area contributed by atoms with Gasteiger partial charge in [0.15, 0.2) is 0 Å². The molecule has 5 nitrogen and oxygen atoms in total. The van der Waals surface area contributed by atoms with Crippen molar-refractivity contribution in [2.75, 3.05) is 17.7 Å². The van der Waals surface area contributed by atoms with Crippen LogP contribution in [-0.2, 0) is 6.42 Å². The molecule has 28 heavy (non-hydrogen) atoms. The third-order valence-corrected chi connectivity index (χ3v) is 4.39. The normalized spacial score (nSPS) is 10.2. The molecule has 0 aliphatic carbocycles. The fourth-order valence-corrected chi connectivity index (χ4v) is 2.75. The summed E-state index contributed by atoms with van der Waals surface area (Å²) in [5, 5.41) is 5.66. The van der Waals surface area contributed by atoms with Crippen molar-refractivity contribution < 1.29 is 14.3 Å². The van der Waals surface area contributed by atoms with Gasteiger partial charge in [0.1, 0.15) is 5.75 Å². The van der Waals surface area contributed by atoms with Crippen molar-refractivity contribution in [3.8, 4) is 5.75 Å². The number of amides is 2. The summed E-state index contributed by atoms with van der Waals surface area (Å²) in [5.41, 5.74) is 3.19. The Morgan fingerprint density at radius 1 is 0.821 bits per heavy atom. The van der Waals surface area contributed by atoms with Gasteiger partial charge in [0.2, 0.25) is 0 Å². The predicted octanol–water partition coefficient (Wildman–Crippen LogP) is 4.76. The highest BCUT2D eigenvalue weighted by Crippen LogP contribution is 2.20. The second kappa shape index (κ2) is 8.86. The maximum absolute atomic E-state index is 12.7. The van der Waals surface area contributed by atoms with Gasteiger partial charge in [-0.1, -0.05) is 31.2 Å². The summed E-state index contributed by atoms with van der Waals surface area (Å²) in [4.78, 5) is 25.3. The number of hydrogen-bond donors (Lipinski definition) is 2. The number of nitrogens with one attached hydrogen (secondary N) is 2. The van der Waals surface area contributed by atoms with E-state index < -0.39 is 0 Å². The Bertz CT molecular complexity index is 964. The summed E-state index contributed by atoms with van der Waals surface area (Å²) in [6, 6.07) is 21.4. The number of benzene rings is 3. The van der Waals surface area contributed by atoms with E-state index in [0.29, 0.717) is 28.3 Å². The lowest BCUT2D eigenvalue weighted by Crippen LogP contribution is -2.18. The molecule has 0 saturated carbocycles. The molecule has 3 aromatic carbocycles. The topological polar surface area (TPSA) is 67.4 Å². The lowest BCUT2D eigenvalue weighted by atomic mass is 10.1. The minimum atomic E-state index is -0.303. The zero-order chi connectivity index (χ0) is 19.9. The summed E-state index contributed by atoms with van der Waals surface area (Å²) in [7, 11) is 1.59. The van der Waals surface area contributed by atoms with Crippen LogP contribution in [0, 0.1) is 0 Å². The lowest BCUT2D eigenvalue weighted by molar-refractivity contribution is 0.102. The van der Waals surface area contributed by atoms with Crippen molar-refractivity contribution in [2.24, 2.45) is 0 Å². The Hall–Kier alpha value is -3.60. The number of para-hydroxylation sites is 1. The van der Waals surface area contributed by atoms with E-state index in [4.69, 9.17) is 4.74 Å². The van der Waals surface area contributed by atoms with Gasteiger partial charge in [0.05, 0.1) is 18.4 Å². The van der Waals surface area contributed by atoms with Crippen molar-refractivity contribution in [2.45, 2.75) is 13.3 Å². The number of rotatable bonds is 6. The summed E-state index contributed by atoms with van der Waals surface area (Å²) in [5.74, 6) is 0.148. The van der Waals surface area contributed by atoms with Crippen molar-refractivity contribution >= 4 is 23.2 Å². The Morgan fingerprint density at radius 2 is 1.50 bits per heavy atom. The smallest absolute Gasteiger partial charge is 0.257 e. The van der Waals surface area contributed by atoms with Gasteiger partial charge >= 0.3 is 0 Å². The van der Waals surface area contributed by atoms with Crippen LogP contribution in [0.1, 0.15) is 33.2 Å². The number of carbonyl (C=O) groups excluding carboxylic acids is 2. The number of carbonyl (C=O) groups is 2. The molecule has 0 saturated heterocycles. The minimum absolute atomic E-state index is 0.257. The third kappa shape index (κ3) is 4.57. The fraction of sp³-hybridized carbons (Fsp3) is 0.130. The highest BCUT2D eigenvalue weighted by atomic mass is 16.5. The predicted molar refractivity (Wildman–Crippen MR) is 111 cm³/mol. The average Bonchev–Trinajstić information content (AvgIpc) is 2.74. The number of ether oxygens (including phenoxy) is 1. The van der Waals surface area contributed by atoms with Crippen LogP contribution in [0.3, 0.4) is 0 Å².